The number of hydrogen-bond donors (Lipinski definition) is 0. The van der Waals surface area contributed by atoms with E-state index in [1.165, 1.54) is 11.1 Å². The van der Waals surface area contributed by atoms with Crippen LogP contribution in [-0.2, 0) is 24.1 Å². The third-order valence-electron chi connectivity index (χ3n) is 4.74. The molecule has 1 aliphatic rings. The molecule has 0 saturated heterocycles. The van der Waals surface area contributed by atoms with E-state index in [0.29, 0.717) is 6.42 Å². The van der Waals surface area contributed by atoms with Gasteiger partial charge in [-0.15, -0.1) is 0 Å². The normalized spacial score (nSPS) is 13.8. The Balaban J connectivity index is 1.64. The SMILES string of the molecule is COc1cc2c(cc1OC)CCN(C(=O)CCc1ccncc1)CC2. The molecule has 132 valence electrons. The minimum atomic E-state index is 0.212. The van der Waals surface area contributed by atoms with Gasteiger partial charge in [0.1, 0.15) is 0 Å². The smallest absolute Gasteiger partial charge is 0.222 e. The lowest BCUT2D eigenvalue weighted by Crippen LogP contribution is -2.33. The standard InChI is InChI=1S/C20H24N2O3/c1-24-18-13-16-7-11-22(12-8-17(16)14-19(18)25-2)20(23)4-3-15-5-9-21-10-6-15/h5-6,9-10,13-14H,3-4,7-8,11-12H2,1-2H3. The second-order valence-electron chi connectivity index (χ2n) is 6.21. The first kappa shape index (κ1) is 17.3. The Hall–Kier alpha value is -2.56. The van der Waals surface area contributed by atoms with Crippen LogP contribution in [0.3, 0.4) is 0 Å². The van der Waals surface area contributed by atoms with Gasteiger partial charge in [-0.3, -0.25) is 9.78 Å². The molecule has 1 aliphatic heterocycles. The molecular formula is C20H24N2O3. The highest BCUT2D eigenvalue weighted by molar-refractivity contribution is 5.76. The van der Waals surface area contributed by atoms with Gasteiger partial charge in [-0.05, 0) is 60.2 Å². The van der Waals surface area contributed by atoms with E-state index in [4.69, 9.17) is 9.47 Å². The highest BCUT2D eigenvalue weighted by atomic mass is 16.5. The van der Waals surface area contributed by atoms with Gasteiger partial charge in [0.15, 0.2) is 11.5 Å². The zero-order valence-corrected chi connectivity index (χ0v) is 14.8. The average Bonchev–Trinajstić information content (AvgIpc) is 2.87. The zero-order valence-electron chi connectivity index (χ0n) is 14.8. The van der Waals surface area contributed by atoms with E-state index in [1.54, 1.807) is 26.6 Å². The number of benzene rings is 1. The van der Waals surface area contributed by atoms with Gasteiger partial charge in [0.2, 0.25) is 5.91 Å². The molecule has 3 rings (SSSR count). The van der Waals surface area contributed by atoms with Crippen molar-refractivity contribution in [2.24, 2.45) is 0 Å². The fourth-order valence-corrected chi connectivity index (χ4v) is 3.26. The maximum absolute atomic E-state index is 12.6. The number of fused-ring (bicyclic) bond motifs is 1. The van der Waals surface area contributed by atoms with Gasteiger partial charge < -0.3 is 14.4 Å². The number of nitrogens with zero attached hydrogens (tertiary/aromatic N) is 2. The molecule has 0 spiro atoms. The molecular weight excluding hydrogens is 316 g/mol. The zero-order chi connectivity index (χ0) is 17.6. The number of methoxy groups -OCH3 is 2. The van der Waals surface area contributed by atoms with Crippen LogP contribution in [0.1, 0.15) is 23.1 Å². The Morgan fingerprint density at radius 2 is 1.60 bits per heavy atom. The predicted octanol–water partition coefficient (Wildman–Crippen LogP) is 2.66. The van der Waals surface area contributed by atoms with E-state index in [1.807, 2.05) is 29.2 Å². The summed E-state index contributed by atoms with van der Waals surface area (Å²) in [5.41, 5.74) is 3.63. The Morgan fingerprint density at radius 1 is 1.04 bits per heavy atom. The number of aromatic nitrogens is 1. The minimum Gasteiger partial charge on any atom is -0.493 e. The number of carbonyl (C=O) groups is 1. The fraction of sp³-hybridized carbons (Fsp3) is 0.400. The Kier molecular flexibility index (Phi) is 5.53. The molecule has 0 unspecified atom stereocenters. The van der Waals surface area contributed by atoms with Gasteiger partial charge in [0.25, 0.3) is 0 Å². The summed E-state index contributed by atoms with van der Waals surface area (Å²) in [5, 5.41) is 0. The predicted molar refractivity (Wildman–Crippen MR) is 96.1 cm³/mol. The highest BCUT2D eigenvalue weighted by Gasteiger charge is 2.20. The summed E-state index contributed by atoms with van der Waals surface area (Å²) in [4.78, 5) is 18.6. The first-order chi connectivity index (χ1) is 12.2. The van der Waals surface area contributed by atoms with Crippen LogP contribution >= 0.6 is 0 Å². The van der Waals surface area contributed by atoms with Crippen LogP contribution in [0, 0.1) is 0 Å². The minimum absolute atomic E-state index is 0.212. The molecule has 5 nitrogen and oxygen atoms in total. The van der Waals surface area contributed by atoms with Crippen LogP contribution in [0.15, 0.2) is 36.7 Å². The van der Waals surface area contributed by atoms with Crippen LogP contribution in [-0.4, -0.2) is 43.1 Å². The number of rotatable bonds is 5. The lowest BCUT2D eigenvalue weighted by atomic mass is 10.0. The second-order valence-corrected chi connectivity index (χ2v) is 6.21. The van der Waals surface area contributed by atoms with Gasteiger partial charge in [0, 0.05) is 31.9 Å². The van der Waals surface area contributed by atoms with E-state index < -0.39 is 0 Å². The first-order valence-corrected chi connectivity index (χ1v) is 8.61. The summed E-state index contributed by atoms with van der Waals surface area (Å²) in [5.74, 6) is 1.71. The second kappa shape index (κ2) is 8.01. The number of hydrogen-bond acceptors (Lipinski definition) is 4. The Labute approximate surface area is 148 Å². The maximum atomic E-state index is 12.6. The van der Waals surface area contributed by atoms with Gasteiger partial charge >= 0.3 is 0 Å². The molecule has 2 heterocycles. The number of pyridine rings is 1. The summed E-state index contributed by atoms with van der Waals surface area (Å²) < 4.78 is 10.8. The molecule has 1 aromatic carbocycles. The third kappa shape index (κ3) is 4.10. The fourth-order valence-electron chi connectivity index (χ4n) is 3.26. The van der Waals surface area contributed by atoms with Crippen LogP contribution in [0.2, 0.25) is 0 Å². The monoisotopic (exact) mass is 340 g/mol. The van der Waals surface area contributed by atoms with Crippen LogP contribution < -0.4 is 9.47 Å². The van der Waals surface area contributed by atoms with Crippen LogP contribution in [0.25, 0.3) is 0 Å². The molecule has 25 heavy (non-hydrogen) atoms. The van der Waals surface area contributed by atoms with Crippen molar-refractivity contribution < 1.29 is 14.3 Å². The van der Waals surface area contributed by atoms with Gasteiger partial charge in [-0.2, -0.15) is 0 Å². The number of aryl methyl sites for hydroxylation is 1. The lowest BCUT2D eigenvalue weighted by molar-refractivity contribution is -0.131. The summed E-state index contributed by atoms with van der Waals surface area (Å²) in [6.45, 7) is 1.50. The van der Waals surface area contributed by atoms with Crippen molar-refractivity contribution in [3.63, 3.8) is 0 Å². The van der Waals surface area contributed by atoms with Gasteiger partial charge in [0.05, 0.1) is 14.2 Å². The molecule has 2 aromatic rings. The molecule has 0 aliphatic carbocycles. The number of ether oxygens (including phenoxy) is 2. The van der Waals surface area contributed by atoms with Crippen LogP contribution in [0.4, 0.5) is 0 Å². The van der Waals surface area contributed by atoms with Crippen molar-refractivity contribution in [2.75, 3.05) is 27.3 Å². The maximum Gasteiger partial charge on any atom is 0.222 e. The molecule has 0 saturated carbocycles. The summed E-state index contributed by atoms with van der Waals surface area (Å²) in [6.07, 6.45) is 6.51. The summed E-state index contributed by atoms with van der Waals surface area (Å²) >= 11 is 0. The quantitative estimate of drug-likeness (QED) is 0.840. The van der Waals surface area contributed by atoms with Crippen molar-refractivity contribution in [1.82, 2.24) is 9.88 Å². The van der Waals surface area contributed by atoms with Crippen molar-refractivity contribution >= 4 is 5.91 Å². The van der Waals surface area contributed by atoms with Crippen LogP contribution in [0.5, 0.6) is 11.5 Å². The average molecular weight is 340 g/mol. The van der Waals surface area contributed by atoms with Crippen molar-refractivity contribution in [2.45, 2.75) is 25.7 Å². The largest absolute Gasteiger partial charge is 0.493 e. The van der Waals surface area contributed by atoms with E-state index in [2.05, 4.69) is 4.98 Å². The molecule has 1 aromatic heterocycles. The molecule has 0 bridgehead atoms. The first-order valence-electron chi connectivity index (χ1n) is 8.61. The van der Waals surface area contributed by atoms with E-state index in [9.17, 15) is 4.79 Å². The Morgan fingerprint density at radius 3 is 2.12 bits per heavy atom. The summed E-state index contributed by atoms with van der Waals surface area (Å²) in [7, 11) is 3.30. The van der Waals surface area contributed by atoms with E-state index >= 15 is 0 Å². The molecule has 0 atom stereocenters. The molecule has 0 fully saturated rings. The van der Waals surface area contributed by atoms with Crippen molar-refractivity contribution in [1.29, 1.82) is 0 Å². The van der Waals surface area contributed by atoms with E-state index in [0.717, 1.165) is 49.4 Å². The Bertz CT molecular complexity index is 696. The number of carbonyl (C=O) groups excluding carboxylic acids is 1. The molecule has 1 amide bonds. The third-order valence-corrected chi connectivity index (χ3v) is 4.74. The topological polar surface area (TPSA) is 51.7 Å². The number of amides is 1. The van der Waals surface area contributed by atoms with E-state index in [-0.39, 0.29) is 5.91 Å². The summed E-state index contributed by atoms with van der Waals surface area (Å²) in [6, 6.07) is 8.01. The van der Waals surface area contributed by atoms with Gasteiger partial charge in [-0.1, -0.05) is 0 Å². The molecule has 5 heteroatoms. The van der Waals surface area contributed by atoms with Crippen molar-refractivity contribution in [3.8, 4) is 11.5 Å². The highest BCUT2D eigenvalue weighted by Crippen LogP contribution is 2.32. The molecule has 0 radical (unpaired) electrons. The lowest BCUT2D eigenvalue weighted by Gasteiger charge is -2.20. The molecule has 0 N–H and O–H groups in total. The van der Waals surface area contributed by atoms with Crippen molar-refractivity contribution in [3.05, 3.63) is 53.3 Å². The van der Waals surface area contributed by atoms with Gasteiger partial charge in [-0.25, -0.2) is 0 Å².